The molecule has 1 aromatic carbocycles. The summed E-state index contributed by atoms with van der Waals surface area (Å²) in [6, 6.07) is 9.61. The number of nitrogens with zero attached hydrogens (tertiary/aromatic N) is 1. The van der Waals surface area contributed by atoms with Crippen LogP contribution in [0, 0.1) is 6.92 Å². The highest BCUT2D eigenvalue weighted by Crippen LogP contribution is 2.28. The lowest BCUT2D eigenvalue weighted by Crippen LogP contribution is -2.23. The maximum Gasteiger partial charge on any atom is 0.407 e. The second kappa shape index (κ2) is 8.05. The minimum atomic E-state index is -0.420. The summed E-state index contributed by atoms with van der Waals surface area (Å²) in [6.45, 7) is 4.79. The third-order valence-corrected chi connectivity index (χ3v) is 5.07. The van der Waals surface area contributed by atoms with Gasteiger partial charge >= 0.3 is 6.09 Å². The van der Waals surface area contributed by atoms with E-state index >= 15 is 0 Å². The number of alkyl carbamates (subject to hydrolysis) is 1. The van der Waals surface area contributed by atoms with Crippen LogP contribution in [0.4, 0.5) is 4.79 Å². The fourth-order valence-electron chi connectivity index (χ4n) is 1.70. The zero-order valence-corrected chi connectivity index (χ0v) is 13.7. The van der Waals surface area contributed by atoms with E-state index in [1.165, 1.54) is 4.21 Å². The Morgan fingerprint density at radius 2 is 2.14 bits per heavy atom. The summed E-state index contributed by atoms with van der Waals surface area (Å²) in [5, 5.41) is 3.63. The molecule has 0 spiro atoms. The summed E-state index contributed by atoms with van der Waals surface area (Å²) in [5.74, 6) is 1.02. The molecule has 112 valence electrons. The molecule has 0 saturated carbocycles. The molecule has 1 amide bonds. The molecule has 0 aliphatic rings. The van der Waals surface area contributed by atoms with E-state index in [-0.39, 0.29) is 6.61 Å². The maximum absolute atomic E-state index is 11.6. The summed E-state index contributed by atoms with van der Waals surface area (Å²) in [7, 11) is 0. The van der Waals surface area contributed by atoms with Crippen molar-refractivity contribution in [1.29, 1.82) is 0 Å². The molecule has 2 rings (SSSR count). The molecular formula is C15H18N2O2S2. The van der Waals surface area contributed by atoms with Crippen LogP contribution in [0.25, 0.3) is 0 Å². The van der Waals surface area contributed by atoms with E-state index < -0.39 is 6.09 Å². The van der Waals surface area contributed by atoms with Crippen molar-refractivity contribution >= 4 is 29.2 Å². The van der Waals surface area contributed by atoms with Crippen LogP contribution >= 0.6 is 23.1 Å². The average molecular weight is 322 g/mol. The summed E-state index contributed by atoms with van der Waals surface area (Å²) >= 11 is 3.40. The van der Waals surface area contributed by atoms with Gasteiger partial charge in [0.25, 0.3) is 0 Å². The lowest BCUT2D eigenvalue weighted by molar-refractivity contribution is 0.139. The average Bonchev–Trinajstić information content (AvgIpc) is 2.85. The number of hydrogen-bond donors (Lipinski definition) is 1. The largest absolute Gasteiger partial charge is 0.445 e. The number of hydrogen-bond acceptors (Lipinski definition) is 5. The van der Waals surface area contributed by atoms with E-state index in [2.05, 4.69) is 17.2 Å². The number of thioether (sulfide) groups is 1. The van der Waals surface area contributed by atoms with Gasteiger partial charge in [-0.05, 0) is 18.2 Å². The fraction of sp³-hybridized carbons (Fsp3) is 0.333. The number of aromatic nitrogens is 1. The first kappa shape index (κ1) is 15.9. The van der Waals surface area contributed by atoms with Crippen LogP contribution in [0.5, 0.6) is 0 Å². The highest BCUT2D eigenvalue weighted by molar-refractivity contribution is 8.01. The molecular weight excluding hydrogens is 304 g/mol. The van der Waals surface area contributed by atoms with Crippen LogP contribution in [-0.4, -0.2) is 16.8 Å². The topological polar surface area (TPSA) is 51.2 Å². The predicted octanol–water partition coefficient (Wildman–Crippen LogP) is 3.99. The van der Waals surface area contributed by atoms with Crippen molar-refractivity contribution in [2.24, 2.45) is 0 Å². The molecule has 1 N–H and O–H groups in total. The Balaban J connectivity index is 1.77. The molecule has 0 bridgehead atoms. The molecule has 0 aliphatic heterocycles. The number of carbonyl (C=O) groups excluding carboxylic acids is 1. The number of nitrogens with one attached hydrogen (secondary N) is 1. The van der Waals surface area contributed by atoms with Crippen molar-refractivity contribution < 1.29 is 9.53 Å². The monoisotopic (exact) mass is 322 g/mol. The number of aryl methyl sites for hydroxylation is 1. The van der Waals surface area contributed by atoms with Crippen molar-refractivity contribution in [2.45, 2.75) is 31.2 Å². The van der Waals surface area contributed by atoms with Gasteiger partial charge < -0.3 is 10.1 Å². The van der Waals surface area contributed by atoms with Crippen molar-refractivity contribution in [3.8, 4) is 0 Å². The minimum Gasteiger partial charge on any atom is -0.445 e. The molecule has 2 aromatic rings. The van der Waals surface area contributed by atoms with Crippen molar-refractivity contribution in [2.75, 3.05) is 5.75 Å². The van der Waals surface area contributed by atoms with Gasteiger partial charge in [-0.3, -0.25) is 0 Å². The number of amides is 1. The van der Waals surface area contributed by atoms with Crippen LogP contribution in [-0.2, 0) is 17.9 Å². The Morgan fingerprint density at radius 1 is 1.38 bits per heavy atom. The first-order chi connectivity index (χ1) is 10.2. The first-order valence-corrected chi connectivity index (χ1v) is 8.53. The van der Waals surface area contributed by atoms with Crippen molar-refractivity contribution in [3.05, 3.63) is 46.6 Å². The SMILES string of the molecule is CCSc1sc(CNC(=O)OCc2ccccc2)nc1C. The molecule has 0 atom stereocenters. The quantitative estimate of drug-likeness (QED) is 0.817. The number of rotatable bonds is 6. The summed E-state index contributed by atoms with van der Waals surface area (Å²) in [5.41, 5.74) is 2.00. The predicted molar refractivity (Wildman–Crippen MR) is 86.7 cm³/mol. The molecule has 0 fully saturated rings. The molecule has 1 aromatic heterocycles. The van der Waals surface area contributed by atoms with Crippen molar-refractivity contribution in [1.82, 2.24) is 10.3 Å². The number of carbonyl (C=O) groups is 1. The van der Waals surface area contributed by atoms with E-state index in [0.29, 0.717) is 6.54 Å². The van der Waals surface area contributed by atoms with Crippen LogP contribution in [0.1, 0.15) is 23.2 Å². The van der Waals surface area contributed by atoms with E-state index in [9.17, 15) is 4.79 Å². The van der Waals surface area contributed by atoms with E-state index in [0.717, 1.165) is 22.0 Å². The third kappa shape index (κ3) is 5.06. The van der Waals surface area contributed by atoms with E-state index in [1.807, 2.05) is 37.3 Å². The Morgan fingerprint density at radius 3 is 2.86 bits per heavy atom. The van der Waals surface area contributed by atoms with Crippen LogP contribution in [0.2, 0.25) is 0 Å². The highest BCUT2D eigenvalue weighted by atomic mass is 32.2. The third-order valence-electron chi connectivity index (χ3n) is 2.67. The second-order valence-electron chi connectivity index (χ2n) is 4.33. The summed E-state index contributed by atoms with van der Waals surface area (Å²) in [4.78, 5) is 16.1. The van der Waals surface area contributed by atoms with Gasteiger partial charge in [-0.15, -0.1) is 23.1 Å². The maximum atomic E-state index is 11.6. The minimum absolute atomic E-state index is 0.278. The van der Waals surface area contributed by atoms with Crippen LogP contribution in [0.3, 0.4) is 0 Å². The number of benzene rings is 1. The normalized spacial score (nSPS) is 10.4. The zero-order valence-electron chi connectivity index (χ0n) is 12.1. The Hall–Kier alpha value is -1.53. The van der Waals surface area contributed by atoms with Gasteiger partial charge in [-0.1, -0.05) is 37.3 Å². The molecule has 0 unspecified atom stereocenters. The van der Waals surface area contributed by atoms with Gasteiger partial charge in [-0.2, -0.15) is 0 Å². The van der Waals surface area contributed by atoms with Gasteiger partial charge in [0.05, 0.1) is 16.4 Å². The summed E-state index contributed by atoms with van der Waals surface area (Å²) in [6.07, 6.45) is -0.420. The molecule has 1 heterocycles. The summed E-state index contributed by atoms with van der Waals surface area (Å²) < 4.78 is 6.37. The number of thiazole rings is 1. The number of ether oxygens (including phenoxy) is 1. The molecule has 21 heavy (non-hydrogen) atoms. The Kier molecular flexibility index (Phi) is 6.07. The van der Waals surface area contributed by atoms with Gasteiger partial charge in [0.2, 0.25) is 0 Å². The standard InChI is InChI=1S/C15H18N2O2S2/c1-3-20-14-11(2)17-13(21-14)9-16-15(18)19-10-12-7-5-4-6-8-12/h4-8H,3,9-10H2,1-2H3,(H,16,18). The molecule has 0 saturated heterocycles. The van der Waals surface area contributed by atoms with Gasteiger partial charge in [0.15, 0.2) is 0 Å². The van der Waals surface area contributed by atoms with Crippen LogP contribution in [0.15, 0.2) is 34.5 Å². The second-order valence-corrected chi connectivity index (χ2v) is 6.95. The van der Waals surface area contributed by atoms with E-state index in [4.69, 9.17) is 4.74 Å². The first-order valence-electron chi connectivity index (χ1n) is 6.72. The molecule has 0 radical (unpaired) electrons. The van der Waals surface area contributed by atoms with Crippen molar-refractivity contribution in [3.63, 3.8) is 0 Å². The Labute approximate surface area is 132 Å². The Bertz CT molecular complexity index is 585. The van der Waals surface area contributed by atoms with Gasteiger partial charge in [0.1, 0.15) is 11.6 Å². The fourth-order valence-corrected chi connectivity index (χ4v) is 3.83. The smallest absolute Gasteiger partial charge is 0.407 e. The lowest BCUT2D eigenvalue weighted by Gasteiger charge is -2.05. The van der Waals surface area contributed by atoms with Gasteiger partial charge in [0, 0.05) is 0 Å². The molecule has 0 aliphatic carbocycles. The lowest BCUT2D eigenvalue weighted by atomic mass is 10.2. The molecule has 4 nitrogen and oxygen atoms in total. The van der Waals surface area contributed by atoms with Crippen LogP contribution < -0.4 is 5.32 Å². The molecule has 6 heteroatoms. The highest BCUT2D eigenvalue weighted by Gasteiger charge is 2.09. The van der Waals surface area contributed by atoms with Gasteiger partial charge in [-0.25, -0.2) is 9.78 Å². The van der Waals surface area contributed by atoms with E-state index in [1.54, 1.807) is 23.1 Å². The zero-order chi connectivity index (χ0) is 15.1.